The Morgan fingerprint density at radius 2 is 0.976 bits per heavy atom. The maximum Gasteiger partial charge on any atom is 0.472 e. The van der Waals surface area contributed by atoms with Crippen LogP contribution in [0.1, 0.15) is 0 Å². The molecule has 3 nitrogen and oxygen atoms in total. The predicted octanol–water partition coefficient (Wildman–Crippen LogP) is 8.24. The number of allylic oxidation sites excluding steroid dienone is 4. The van der Waals surface area contributed by atoms with E-state index in [2.05, 4.69) is 4.74 Å². The number of hydrogen-bond donors (Lipinski definition) is 0. The van der Waals surface area contributed by atoms with Crippen LogP contribution in [0.15, 0.2) is 47.5 Å². The number of hydrogen-bond acceptors (Lipinski definition) is 5. The van der Waals surface area contributed by atoms with Crippen LogP contribution < -0.4 is 0 Å². The van der Waals surface area contributed by atoms with Crippen LogP contribution in [0.4, 0.5) is 61.5 Å². The first-order valence-electron chi connectivity index (χ1n) is 9.81. The molecule has 2 rings (SSSR count). The molecule has 0 fully saturated rings. The van der Waals surface area contributed by atoms with Gasteiger partial charge in [0.2, 0.25) is 0 Å². The minimum absolute atomic E-state index is 0.0151. The summed E-state index contributed by atoms with van der Waals surface area (Å²) >= 11 is 9.83. The highest BCUT2D eigenvalue weighted by Crippen LogP contribution is 2.52. The average molecular weight is 739 g/mol. The molecule has 236 valence electrons. The zero-order chi connectivity index (χ0) is 32.0. The van der Waals surface area contributed by atoms with Crippen LogP contribution in [0.3, 0.4) is 0 Å². The normalized spacial score (nSPS) is 29.7. The lowest BCUT2D eigenvalue weighted by Gasteiger charge is -2.37. The highest BCUT2D eigenvalue weighted by Gasteiger charge is 2.59. The molecule has 2 aliphatic rings. The third-order valence-corrected chi connectivity index (χ3v) is 13.0. The van der Waals surface area contributed by atoms with Gasteiger partial charge in [-0.05, 0) is 24.3 Å². The van der Waals surface area contributed by atoms with E-state index in [9.17, 15) is 69.9 Å². The molecule has 0 bridgehead atoms. The van der Waals surface area contributed by atoms with Crippen molar-refractivity contribution < 1.29 is 74.6 Å². The number of rotatable bonds is 8. The number of ether oxygens (including phenoxy) is 1. The molecule has 0 aromatic rings. The molecule has 2 aliphatic carbocycles. The molecule has 0 N–H and O–H groups in total. The van der Waals surface area contributed by atoms with E-state index in [1.807, 2.05) is 0 Å². The summed E-state index contributed by atoms with van der Waals surface area (Å²) in [5.41, 5.74) is -11.6. The fourth-order valence-corrected chi connectivity index (χ4v) is 9.30. The maximum absolute atomic E-state index is 14.7. The molecular weight excluding hydrogens is 729 g/mol. The summed E-state index contributed by atoms with van der Waals surface area (Å²) in [6, 6.07) is 0. The zero-order valence-corrected chi connectivity index (χ0v) is 23.6. The summed E-state index contributed by atoms with van der Waals surface area (Å²) in [6.07, 6.45) is -10.8. The van der Waals surface area contributed by atoms with Gasteiger partial charge in [0.05, 0.1) is 22.3 Å². The van der Waals surface area contributed by atoms with Crippen LogP contribution in [0.2, 0.25) is 0 Å². The van der Waals surface area contributed by atoms with Crippen molar-refractivity contribution in [3.05, 3.63) is 47.5 Å². The minimum Gasteiger partial charge on any atom is -0.452 e. The predicted molar refractivity (Wildman–Crippen MR) is 126 cm³/mol. The van der Waals surface area contributed by atoms with E-state index in [4.69, 9.17) is 23.2 Å². The summed E-state index contributed by atoms with van der Waals surface area (Å²) in [7, 11) is -8.73. The van der Waals surface area contributed by atoms with Gasteiger partial charge < -0.3 is 4.74 Å². The van der Waals surface area contributed by atoms with Crippen molar-refractivity contribution in [2.45, 2.75) is 42.3 Å². The maximum atomic E-state index is 14.7. The summed E-state index contributed by atoms with van der Waals surface area (Å²) in [5.74, 6) is -11.3. The molecule has 23 heteroatoms. The summed E-state index contributed by atoms with van der Waals surface area (Å²) in [4.78, 5) is 0. The molecule has 6 atom stereocenters. The van der Waals surface area contributed by atoms with Gasteiger partial charge in [-0.3, -0.25) is 0 Å². The van der Waals surface area contributed by atoms with Gasteiger partial charge in [0.25, 0.3) is 0 Å². The summed E-state index contributed by atoms with van der Waals surface area (Å²) in [6.45, 7) is 0. The summed E-state index contributed by atoms with van der Waals surface area (Å²) in [5, 5.41) is -4.87. The Hall–Kier alpha value is -0.640. The summed E-state index contributed by atoms with van der Waals surface area (Å²) < 4.78 is 209. The molecule has 41 heavy (non-hydrogen) atoms. The van der Waals surface area contributed by atoms with E-state index in [0.717, 1.165) is 0 Å². The largest absolute Gasteiger partial charge is 0.472 e. The van der Waals surface area contributed by atoms with Crippen LogP contribution in [-0.2, 0) is 26.3 Å². The van der Waals surface area contributed by atoms with E-state index in [1.165, 1.54) is 0 Å². The molecular formula is C18H10Cl2F14O3S4. The molecule has 0 aromatic carbocycles. The Morgan fingerprint density at radius 3 is 1.22 bits per heavy atom. The number of halogens is 16. The van der Waals surface area contributed by atoms with Crippen molar-refractivity contribution in [1.82, 2.24) is 0 Å². The van der Waals surface area contributed by atoms with E-state index in [1.54, 1.807) is 0 Å². The van der Waals surface area contributed by atoms with Gasteiger partial charge in [0.15, 0.2) is 23.2 Å². The lowest BCUT2D eigenvalue weighted by Crippen LogP contribution is -2.47. The third-order valence-electron chi connectivity index (χ3n) is 4.63. The van der Waals surface area contributed by atoms with Gasteiger partial charge >= 0.3 is 23.4 Å². The third kappa shape index (κ3) is 8.72. The van der Waals surface area contributed by atoms with Gasteiger partial charge in [0, 0.05) is 0 Å². The molecule has 0 saturated carbocycles. The van der Waals surface area contributed by atoms with Crippen molar-refractivity contribution in [2.24, 2.45) is 0 Å². The monoisotopic (exact) mass is 738 g/mol. The Labute approximate surface area is 243 Å². The minimum atomic E-state index is -5.79. The van der Waals surface area contributed by atoms with Crippen LogP contribution in [0.5, 0.6) is 0 Å². The van der Waals surface area contributed by atoms with E-state index >= 15 is 0 Å². The van der Waals surface area contributed by atoms with Crippen LogP contribution >= 0.6 is 46.7 Å². The molecule has 0 aliphatic heterocycles. The molecule has 0 amide bonds. The van der Waals surface area contributed by atoms with E-state index < -0.39 is 122 Å². The Bertz CT molecular complexity index is 1100. The Balaban J connectivity index is 2.72. The average Bonchev–Trinajstić information content (AvgIpc) is 2.78. The highest BCUT2D eigenvalue weighted by molar-refractivity contribution is 8.13. The van der Waals surface area contributed by atoms with Gasteiger partial charge in [-0.1, -0.05) is 0 Å². The van der Waals surface area contributed by atoms with Crippen molar-refractivity contribution in [2.75, 3.05) is 11.5 Å². The van der Waals surface area contributed by atoms with Gasteiger partial charge in [-0.25, -0.2) is 17.2 Å². The van der Waals surface area contributed by atoms with E-state index in [-0.39, 0.29) is 24.3 Å². The fourth-order valence-electron chi connectivity index (χ4n) is 3.00. The smallest absolute Gasteiger partial charge is 0.452 e. The molecule has 0 spiro atoms. The highest BCUT2D eigenvalue weighted by atomic mass is 35.5. The number of alkyl halides is 14. The quantitative estimate of drug-likeness (QED) is 0.186. The molecule has 0 saturated heterocycles. The van der Waals surface area contributed by atoms with Crippen molar-refractivity contribution in [3.63, 3.8) is 0 Å². The second kappa shape index (κ2) is 12.4. The topological polar surface area (TPSA) is 43.4 Å². The van der Waals surface area contributed by atoms with Crippen LogP contribution in [0, 0.1) is 0 Å². The van der Waals surface area contributed by atoms with Gasteiger partial charge in [-0.2, -0.15) is 52.7 Å². The van der Waals surface area contributed by atoms with Crippen molar-refractivity contribution in [3.8, 4) is 0 Å². The van der Waals surface area contributed by atoms with Gasteiger partial charge in [-0.15, -0.1) is 46.7 Å². The standard InChI is InChI=1S/C18H10Cl2F14O3S4/c19-11-1-7(21)9(3-13(11,38-5-15(23,24)25)40(35)17(29,30)31)37-10-4-14(12(20)2-8(10)22,39-6-16(26,27)28)41(36)18(32,33)34/h1-4,11-12H,5-6H2. The molecule has 6 unspecified atom stereocenters. The van der Waals surface area contributed by atoms with Crippen LogP contribution in [0.25, 0.3) is 0 Å². The first-order valence-corrected chi connectivity index (χ1v) is 15.0. The van der Waals surface area contributed by atoms with Gasteiger partial charge in [0.1, 0.15) is 29.8 Å². The second-order valence-electron chi connectivity index (χ2n) is 7.63. The van der Waals surface area contributed by atoms with E-state index in [0.29, 0.717) is 0 Å². The molecule has 0 aromatic heterocycles. The molecule has 0 heterocycles. The second-order valence-corrected chi connectivity index (χ2v) is 14.9. The fraction of sp³-hybridized carbons (Fsp3) is 0.556. The molecule has 0 radical (unpaired) electrons. The lowest BCUT2D eigenvalue weighted by atomic mass is 10.1. The Kier molecular flexibility index (Phi) is 11.0. The van der Waals surface area contributed by atoms with Crippen molar-refractivity contribution in [1.29, 1.82) is 0 Å². The van der Waals surface area contributed by atoms with Crippen molar-refractivity contribution >= 4 is 68.3 Å². The first kappa shape index (κ1) is 36.6. The first-order chi connectivity index (χ1) is 18.3. The van der Waals surface area contributed by atoms with Crippen LogP contribution in [-0.4, -0.2) is 62.2 Å². The lowest BCUT2D eigenvalue weighted by molar-refractivity contribution is -0.106. The zero-order valence-electron chi connectivity index (χ0n) is 18.8. The number of thioether (sulfide) groups is 2. The Morgan fingerprint density at radius 1 is 0.683 bits per heavy atom. The SMILES string of the molecule is O=S(C(F)(F)F)C1(SCC(F)(F)F)C=C(OC2=CC(SCC(F)(F)F)(S(=O)C(F)(F)F)C(Cl)C=C2F)C(F)=CC1Cl.